The molecule has 9 aromatic rings. The Morgan fingerprint density at radius 1 is 0.265 bits per heavy atom. The maximum Gasteiger partial charge on any atom is -0.000741 e. The third kappa shape index (κ3) is 3.58. The van der Waals surface area contributed by atoms with E-state index in [1.54, 1.807) is 0 Å². The molecule has 11 rings (SSSR count). The minimum absolute atomic E-state index is 1.25. The summed E-state index contributed by atoms with van der Waals surface area (Å²) in [5.74, 6) is 0. The van der Waals surface area contributed by atoms with Crippen LogP contribution < -0.4 is 0 Å². The summed E-state index contributed by atoms with van der Waals surface area (Å²) in [5, 5.41) is 7.95. The molecule has 0 heterocycles. The predicted molar refractivity (Wildman–Crippen MR) is 209 cm³/mol. The van der Waals surface area contributed by atoms with Crippen molar-refractivity contribution in [3.05, 3.63) is 169 Å². The molecule has 226 valence electrons. The summed E-state index contributed by atoms with van der Waals surface area (Å²) in [6.07, 6.45) is 0. The van der Waals surface area contributed by atoms with Gasteiger partial charge < -0.3 is 0 Å². The van der Waals surface area contributed by atoms with Gasteiger partial charge in [-0.15, -0.1) is 0 Å². The lowest BCUT2D eigenvalue weighted by molar-refractivity contribution is 1.51. The molecule has 0 heteroatoms. The third-order valence-electron chi connectivity index (χ3n) is 11.0. The lowest BCUT2D eigenvalue weighted by atomic mass is 9.82. The highest BCUT2D eigenvalue weighted by Crippen LogP contribution is 2.59. The molecule has 0 N–H and O–H groups in total. The standard InChI is InChI=1S/C49H30/c1-29-27-42-33-18-9-8-17-32(33)39-25-23-35(43(28-29)47(39)42)34-24-26-41-46-36(34)21-12-22-40(46)48-44(30-13-4-2-5-14-30)37-19-10-11-20-38(37)45(49(41)48)31-15-6-3-7-16-31/h2-28H,1H3. The molecule has 0 atom stereocenters. The van der Waals surface area contributed by atoms with Crippen LogP contribution in [-0.2, 0) is 0 Å². The van der Waals surface area contributed by atoms with Crippen molar-refractivity contribution in [3.63, 3.8) is 0 Å². The zero-order valence-electron chi connectivity index (χ0n) is 27.1. The van der Waals surface area contributed by atoms with Crippen LogP contribution in [0.3, 0.4) is 0 Å². The summed E-state index contributed by atoms with van der Waals surface area (Å²) in [5.41, 5.74) is 19.7. The van der Waals surface area contributed by atoms with E-state index in [0.29, 0.717) is 0 Å². The first-order valence-electron chi connectivity index (χ1n) is 17.2. The van der Waals surface area contributed by atoms with Gasteiger partial charge in [-0.1, -0.05) is 164 Å². The largest absolute Gasteiger partial charge is 0.0622 e. The smallest absolute Gasteiger partial charge is 0.000741 e. The van der Waals surface area contributed by atoms with Crippen LogP contribution in [0.1, 0.15) is 5.56 Å². The lowest BCUT2D eigenvalue weighted by Crippen LogP contribution is -1.93. The van der Waals surface area contributed by atoms with Crippen molar-refractivity contribution >= 4 is 32.3 Å². The molecule has 2 aliphatic carbocycles. The minimum Gasteiger partial charge on any atom is -0.0622 e. The van der Waals surface area contributed by atoms with E-state index in [4.69, 9.17) is 0 Å². The van der Waals surface area contributed by atoms with Gasteiger partial charge in [0, 0.05) is 0 Å². The van der Waals surface area contributed by atoms with Crippen molar-refractivity contribution in [1.82, 2.24) is 0 Å². The van der Waals surface area contributed by atoms with Crippen LogP contribution in [0.4, 0.5) is 0 Å². The molecule has 0 aliphatic heterocycles. The van der Waals surface area contributed by atoms with Crippen LogP contribution in [0.5, 0.6) is 0 Å². The van der Waals surface area contributed by atoms with Crippen LogP contribution >= 0.6 is 0 Å². The van der Waals surface area contributed by atoms with Gasteiger partial charge in [0.1, 0.15) is 0 Å². The second-order valence-electron chi connectivity index (χ2n) is 13.6. The van der Waals surface area contributed by atoms with Crippen LogP contribution in [-0.4, -0.2) is 0 Å². The number of benzene rings is 9. The molecule has 0 radical (unpaired) electrons. The molecule has 0 aromatic heterocycles. The molecule has 0 bridgehead atoms. The van der Waals surface area contributed by atoms with Gasteiger partial charge in [-0.25, -0.2) is 0 Å². The number of fused-ring (bicyclic) bond motifs is 7. The van der Waals surface area contributed by atoms with Gasteiger partial charge in [0.15, 0.2) is 0 Å². The van der Waals surface area contributed by atoms with E-state index in [1.165, 1.54) is 116 Å². The number of hydrogen-bond acceptors (Lipinski definition) is 0. The Hall–Kier alpha value is -6.24. The lowest BCUT2D eigenvalue weighted by Gasteiger charge is -2.20. The Morgan fingerprint density at radius 3 is 1.37 bits per heavy atom. The molecule has 0 saturated heterocycles. The summed E-state index contributed by atoms with van der Waals surface area (Å²) < 4.78 is 0. The van der Waals surface area contributed by atoms with Gasteiger partial charge in [0.05, 0.1) is 0 Å². The van der Waals surface area contributed by atoms with E-state index in [9.17, 15) is 0 Å². The topological polar surface area (TPSA) is 0 Å². The molecule has 0 spiro atoms. The third-order valence-corrected chi connectivity index (χ3v) is 11.0. The second-order valence-corrected chi connectivity index (χ2v) is 13.6. The Labute approximate surface area is 285 Å². The Morgan fingerprint density at radius 2 is 0.714 bits per heavy atom. The quantitative estimate of drug-likeness (QED) is 0.185. The van der Waals surface area contributed by atoms with Gasteiger partial charge in [-0.05, 0) is 123 Å². The van der Waals surface area contributed by atoms with Gasteiger partial charge >= 0.3 is 0 Å². The van der Waals surface area contributed by atoms with Crippen molar-refractivity contribution in [3.8, 4) is 77.9 Å². The fraction of sp³-hybridized carbons (Fsp3) is 0.0204. The van der Waals surface area contributed by atoms with E-state index >= 15 is 0 Å². The number of rotatable bonds is 3. The average Bonchev–Trinajstić information content (AvgIpc) is 3.66. The van der Waals surface area contributed by atoms with E-state index in [2.05, 4.69) is 171 Å². The zero-order valence-corrected chi connectivity index (χ0v) is 27.1. The maximum absolute atomic E-state index is 2.41. The summed E-state index contributed by atoms with van der Waals surface area (Å²) in [6.45, 7) is 2.23. The van der Waals surface area contributed by atoms with Crippen LogP contribution in [0.25, 0.3) is 110 Å². The van der Waals surface area contributed by atoms with E-state index in [0.717, 1.165) is 0 Å². The predicted octanol–water partition coefficient (Wildman–Crippen LogP) is 13.8. The maximum atomic E-state index is 2.41. The fourth-order valence-corrected chi connectivity index (χ4v) is 9.10. The summed E-state index contributed by atoms with van der Waals surface area (Å²) >= 11 is 0. The molecule has 2 aliphatic rings. The summed E-state index contributed by atoms with van der Waals surface area (Å²) in [4.78, 5) is 0. The van der Waals surface area contributed by atoms with E-state index in [1.807, 2.05) is 0 Å². The van der Waals surface area contributed by atoms with Crippen molar-refractivity contribution in [1.29, 1.82) is 0 Å². The number of aryl methyl sites for hydroxylation is 1. The Kier molecular flexibility index (Phi) is 5.41. The van der Waals surface area contributed by atoms with Crippen LogP contribution in [0, 0.1) is 6.92 Å². The van der Waals surface area contributed by atoms with Gasteiger partial charge in [0.2, 0.25) is 0 Å². The van der Waals surface area contributed by atoms with Crippen LogP contribution in [0.2, 0.25) is 0 Å². The molecule has 0 fully saturated rings. The van der Waals surface area contributed by atoms with Gasteiger partial charge in [0.25, 0.3) is 0 Å². The van der Waals surface area contributed by atoms with Crippen molar-refractivity contribution in [2.24, 2.45) is 0 Å². The number of hydrogen-bond donors (Lipinski definition) is 0. The van der Waals surface area contributed by atoms with Gasteiger partial charge in [-0.2, -0.15) is 0 Å². The second kappa shape index (κ2) is 9.89. The summed E-state index contributed by atoms with van der Waals surface area (Å²) in [6, 6.07) is 61.1. The Bertz CT molecular complexity index is 2760. The molecule has 0 unspecified atom stereocenters. The molecule has 9 aromatic carbocycles. The van der Waals surface area contributed by atoms with E-state index < -0.39 is 0 Å². The van der Waals surface area contributed by atoms with Crippen molar-refractivity contribution < 1.29 is 0 Å². The monoisotopic (exact) mass is 618 g/mol. The molecular weight excluding hydrogens is 589 g/mol. The molecule has 0 amide bonds. The highest BCUT2D eigenvalue weighted by molar-refractivity contribution is 6.29. The average molecular weight is 619 g/mol. The highest BCUT2D eigenvalue weighted by atomic mass is 14.3. The summed E-state index contributed by atoms with van der Waals surface area (Å²) in [7, 11) is 0. The highest BCUT2D eigenvalue weighted by Gasteiger charge is 2.31. The fourth-order valence-electron chi connectivity index (χ4n) is 9.10. The van der Waals surface area contributed by atoms with E-state index in [-0.39, 0.29) is 0 Å². The van der Waals surface area contributed by atoms with Crippen LogP contribution in [0.15, 0.2) is 164 Å². The SMILES string of the molecule is Cc1cc2c3c(ccc(-c4ccc5c6c(cccc46)-c4c-5c(-c5ccccc5)c5ccccc5c4-c4ccccc4)c3c1)-c1ccccc1-2. The van der Waals surface area contributed by atoms with Gasteiger partial charge in [-0.3, -0.25) is 0 Å². The normalized spacial score (nSPS) is 12.2. The first kappa shape index (κ1) is 26.8. The molecule has 0 nitrogen and oxygen atoms in total. The Balaban J connectivity index is 1.26. The van der Waals surface area contributed by atoms with Crippen molar-refractivity contribution in [2.45, 2.75) is 6.92 Å². The first-order valence-corrected chi connectivity index (χ1v) is 17.2. The molecular formula is C49H30. The molecule has 49 heavy (non-hydrogen) atoms. The molecule has 0 saturated carbocycles. The van der Waals surface area contributed by atoms with Crippen molar-refractivity contribution in [2.75, 3.05) is 0 Å². The zero-order chi connectivity index (χ0) is 32.2. The first-order chi connectivity index (χ1) is 24.3. The minimum atomic E-state index is 1.25.